The van der Waals surface area contributed by atoms with Crippen LogP contribution in [-0.4, -0.2) is 4.98 Å². The van der Waals surface area contributed by atoms with Gasteiger partial charge in [0.25, 0.3) is 0 Å². The van der Waals surface area contributed by atoms with E-state index >= 15 is 0 Å². The number of aromatic nitrogens is 1. The minimum atomic E-state index is 0.802. The fraction of sp³-hybridized carbons (Fsp3) is 0.0625. The van der Waals surface area contributed by atoms with Gasteiger partial charge in [0, 0.05) is 21.7 Å². The van der Waals surface area contributed by atoms with Crippen molar-refractivity contribution >= 4 is 28.4 Å². The lowest BCUT2D eigenvalue weighted by molar-refractivity contribution is 1.22. The molecule has 1 heterocycles. The van der Waals surface area contributed by atoms with Gasteiger partial charge < -0.3 is 5.73 Å². The molecule has 2 N–H and O–H groups in total. The lowest BCUT2D eigenvalue weighted by atomic mass is 10.2. The van der Waals surface area contributed by atoms with Crippen LogP contribution in [0.15, 0.2) is 65.6 Å². The Hall–Kier alpha value is -2.00. The summed E-state index contributed by atoms with van der Waals surface area (Å²) in [6.45, 7) is 0. The normalized spacial score (nSPS) is 10.7. The summed E-state index contributed by atoms with van der Waals surface area (Å²) in [5.41, 5.74) is 8.71. The molecule has 2 nitrogen and oxygen atoms in total. The lowest BCUT2D eigenvalue weighted by Crippen LogP contribution is -1.88. The minimum absolute atomic E-state index is 0.802. The van der Waals surface area contributed by atoms with Crippen LogP contribution in [0.1, 0.15) is 5.69 Å². The number of para-hydroxylation sites is 1. The van der Waals surface area contributed by atoms with E-state index in [1.165, 1.54) is 10.3 Å². The monoisotopic (exact) mass is 266 g/mol. The molecule has 0 aliphatic carbocycles. The molecule has 94 valence electrons. The third kappa shape index (κ3) is 2.88. The van der Waals surface area contributed by atoms with Crippen molar-refractivity contribution in [3.05, 3.63) is 66.4 Å². The van der Waals surface area contributed by atoms with Gasteiger partial charge in [-0.1, -0.05) is 30.3 Å². The number of nitrogens with two attached hydrogens (primary N) is 1. The molecular formula is C16H14N2S. The van der Waals surface area contributed by atoms with Crippen molar-refractivity contribution in [1.29, 1.82) is 0 Å². The number of nitrogen functional groups attached to an aromatic ring is 1. The van der Waals surface area contributed by atoms with Crippen molar-refractivity contribution in [2.45, 2.75) is 10.6 Å². The number of nitrogens with zero attached hydrogens (tertiary/aromatic N) is 1. The Morgan fingerprint density at radius 3 is 2.74 bits per heavy atom. The maximum Gasteiger partial charge on any atom is 0.0705 e. The first kappa shape index (κ1) is 12.1. The second kappa shape index (κ2) is 5.33. The topological polar surface area (TPSA) is 38.9 Å². The quantitative estimate of drug-likeness (QED) is 0.573. The van der Waals surface area contributed by atoms with Gasteiger partial charge in [0.2, 0.25) is 0 Å². The standard InChI is InChI=1S/C16H14N2S/c17-13-5-3-6-15(10-13)19-11-14-9-8-12-4-1-2-7-16(12)18-14/h1-10H,11,17H2. The third-order valence-corrected chi connectivity index (χ3v) is 3.93. The molecule has 2 aromatic carbocycles. The van der Waals surface area contributed by atoms with Crippen molar-refractivity contribution in [2.75, 3.05) is 5.73 Å². The summed E-state index contributed by atoms with van der Waals surface area (Å²) in [6.07, 6.45) is 0. The summed E-state index contributed by atoms with van der Waals surface area (Å²) in [7, 11) is 0. The molecule has 0 amide bonds. The molecule has 0 saturated carbocycles. The van der Waals surface area contributed by atoms with Crippen molar-refractivity contribution in [1.82, 2.24) is 4.98 Å². The maximum absolute atomic E-state index is 5.77. The van der Waals surface area contributed by atoms with E-state index < -0.39 is 0 Å². The van der Waals surface area contributed by atoms with Gasteiger partial charge >= 0.3 is 0 Å². The fourth-order valence-corrected chi connectivity index (χ4v) is 2.82. The van der Waals surface area contributed by atoms with Gasteiger partial charge in [-0.3, -0.25) is 4.98 Å². The Morgan fingerprint density at radius 2 is 1.84 bits per heavy atom. The molecule has 0 radical (unpaired) electrons. The SMILES string of the molecule is Nc1cccc(SCc2ccc3ccccc3n2)c1. The fourth-order valence-electron chi connectivity index (χ4n) is 1.95. The summed E-state index contributed by atoms with van der Waals surface area (Å²) in [6, 6.07) is 20.3. The first-order valence-electron chi connectivity index (χ1n) is 6.14. The van der Waals surface area contributed by atoms with E-state index in [2.05, 4.69) is 29.2 Å². The number of thioether (sulfide) groups is 1. The number of benzene rings is 2. The smallest absolute Gasteiger partial charge is 0.0705 e. The van der Waals surface area contributed by atoms with Crippen LogP contribution in [0.3, 0.4) is 0 Å². The molecule has 1 aromatic heterocycles. The zero-order valence-electron chi connectivity index (χ0n) is 10.4. The molecular weight excluding hydrogens is 252 g/mol. The summed E-state index contributed by atoms with van der Waals surface area (Å²) in [5.74, 6) is 0.855. The van der Waals surface area contributed by atoms with Gasteiger partial charge in [0.1, 0.15) is 0 Å². The van der Waals surface area contributed by atoms with E-state index in [1.54, 1.807) is 11.8 Å². The molecule has 3 aromatic rings. The Morgan fingerprint density at radius 1 is 0.947 bits per heavy atom. The summed E-state index contributed by atoms with van der Waals surface area (Å²) in [4.78, 5) is 5.84. The Balaban J connectivity index is 1.78. The minimum Gasteiger partial charge on any atom is -0.399 e. The first-order chi connectivity index (χ1) is 9.31. The highest BCUT2D eigenvalue weighted by Gasteiger charge is 2.00. The molecule has 0 aliphatic rings. The molecule has 3 rings (SSSR count). The largest absolute Gasteiger partial charge is 0.399 e. The van der Waals surface area contributed by atoms with Gasteiger partial charge in [0.05, 0.1) is 11.2 Å². The molecule has 0 atom stereocenters. The zero-order valence-corrected chi connectivity index (χ0v) is 11.2. The second-order valence-corrected chi connectivity index (χ2v) is 5.41. The highest BCUT2D eigenvalue weighted by atomic mass is 32.2. The van der Waals surface area contributed by atoms with E-state index in [-0.39, 0.29) is 0 Å². The van der Waals surface area contributed by atoms with Crippen LogP contribution in [0.5, 0.6) is 0 Å². The van der Waals surface area contributed by atoms with Crippen molar-refractivity contribution in [3.63, 3.8) is 0 Å². The van der Waals surface area contributed by atoms with Crippen molar-refractivity contribution < 1.29 is 0 Å². The first-order valence-corrected chi connectivity index (χ1v) is 7.13. The summed E-state index contributed by atoms with van der Waals surface area (Å²) >= 11 is 1.75. The second-order valence-electron chi connectivity index (χ2n) is 4.36. The van der Waals surface area contributed by atoms with Crippen molar-refractivity contribution in [2.24, 2.45) is 0 Å². The van der Waals surface area contributed by atoms with Crippen molar-refractivity contribution in [3.8, 4) is 0 Å². The van der Waals surface area contributed by atoms with Gasteiger partial charge in [-0.15, -0.1) is 11.8 Å². The van der Waals surface area contributed by atoms with Gasteiger partial charge in [0.15, 0.2) is 0 Å². The molecule has 3 heteroatoms. The van der Waals surface area contributed by atoms with Gasteiger partial charge in [-0.25, -0.2) is 0 Å². The van der Waals surface area contributed by atoms with E-state index in [0.717, 1.165) is 22.7 Å². The molecule has 0 fully saturated rings. The van der Waals surface area contributed by atoms with E-state index in [0.29, 0.717) is 0 Å². The molecule has 0 bridgehead atoms. The average molecular weight is 266 g/mol. The molecule has 0 aliphatic heterocycles. The highest BCUT2D eigenvalue weighted by molar-refractivity contribution is 7.98. The van der Waals surface area contributed by atoms with Crippen LogP contribution >= 0.6 is 11.8 Å². The predicted molar refractivity (Wildman–Crippen MR) is 82.2 cm³/mol. The van der Waals surface area contributed by atoms with Crippen LogP contribution in [0.25, 0.3) is 10.9 Å². The van der Waals surface area contributed by atoms with Gasteiger partial charge in [-0.05, 0) is 30.3 Å². The van der Waals surface area contributed by atoms with Crippen LogP contribution in [0, 0.1) is 0 Å². The average Bonchev–Trinajstić information content (AvgIpc) is 2.45. The Bertz CT molecular complexity index is 710. The van der Waals surface area contributed by atoms with Crippen LogP contribution in [0.2, 0.25) is 0 Å². The molecule has 0 saturated heterocycles. The van der Waals surface area contributed by atoms with E-state index in [4.69, 9.17) is 5.73 Å². The molecule has 0 spiro atoms. The van der Waals surface area contributed by atoms with E-state index in [9.17, 15) is 0 Å². The lowest BCUT2D eigenvalue weighted by Gasteiger charge is -2.04. The summed E-state index contributed by atoms with van der Waals surface area (Å²) in [5, 5.41) is 1.18. The number of fused-ring (bicyclic) bond motifs is 1. The summed E-state index contributed by atoms with van der Waals surface area (Å²) < 4.78 is 0. The van der Waals surface area contributed by atoms with Crippen LogP contribution in [-0.2, 0) is 5.75 Å². The Kier molecular flexibility index (Phi) is 3.38. The predicted octanol–water partition coefficient (Wildman–Crippen LogP) is 4.11. The van der Waals surface area contributed by atoms with Crippen LogP contribution in [0.4, 0.5) is 5.69 Å². The number of hydrogen-bond donors (Lipinski definition) is 1. The highest BCUT2D eigenvalue weighted by Crippen LogP contribution is 2.24. The third-order valence-electron chi connectivity index (χ3n) is 2.90. The van der Waals surface area contributed by atoms with Gasteiger partial charge in [-0.2, -0.15) is 0 Å². The van der Waals surface area contributed by atoms with Crippen LogP contribution < -0.4 is 5.73 Å². The molecule has 19 heavy (non-hydrogen) atoms. The Labute approximate surface area is 116 Å². The number of rotatable bonds is 3. The number of pyridine rings is 1. The number of anilines is 1. The zero-order chi connectivity index (χ0) is 13.1. The maximum atomic E-state index is 5.77. The van der Waals surface area contributed by atoms with E-state index in [1.807, 2.05) is 36.4 Å². The molecule has 0 unspecified atom stereocenters. The number of hydrogen-bond acceptors (Lipinski definition) is 3.